The van der Waals surface area contributed by atoms with E-state index in [1.807, 2.05) is 0 Å². The molecule has 1 aromatic rings. The van der Waals surface area contributed by atoms with Crippen LogP contribution in [0.25, 0.3) is 0 Å². The minimum absolute atomic E-state index is 0.0172. The normalized spacial score (nSPS) is 11.2. The maximum Gasteiger partial charge on any atom is 0.309 e. The minimum Gasteiger partial charge on any atom is -0.481 e. The van der Waals surface area contributed by atoms with Gasteiger partial charge in [0.2, 0.25) is 5.91 Å². The van der Waals surface area contributed by atoms with E-state index in [1.54, 1.807) is 33.3 Å². The number of carbonyl (C=O) groups is 2. The van der Waals surface area contributed by atoms with E-state index < -0.39 is 11.4 Å². The molecule has 0 aliphatic heterocycles. The third-order valence-corrected chi connectivity index (χ3v) is 2.57. The van der Waals surface area contributed by atoms with Crippen molar-refractivity contribution in [3.8, 4) is 0 Å². The third kappa shape index (κ3) is 3.58. The largest absolute Gasteiger partial charge is 0.481 e. The van der Waals surface area contributed by atoms with Crippen molar-refractivity contribution >= 4 is 11.9 Å². The smallest absolute Gasteiger partial charge is 0.309 e. The first kappa shape index (κ1) is 13.2. The van der Waals surface area contributed by atoms with Crippen LogP contribution in [0.15, 0.2) is 12.4 Å². The molecule has 0 spiro atoms. The zero-order valence-corrected chi connectivity index (χ0v) is 10.2. The topological polar surface area (TPSA) is 86.3 Å². The van der Waals surface area contributed by atoms with Crippen LogP contribution in [0, 0.1) is 5.41 Å². The molecular formula is C11H17N3O3. The third-order valence-electron chi connectivity index (χ3n) is 2.57. The SMILES string of the molecule is CN(Cc1cn[nH]c1)C(=O)CC(C)(C)C(=O)O. The lowest BCUT2D eigenvalue weighted by Gasteiger charge is -2.23. The summed E-state index contributed by atoms with van der Waals surface area (Å²) in [5.74, 6) is -1.17. The molecular weight excluding hydrogens is 222 g/mol. The summed E-state index contributed by atoms with van der Waals surface area (Å²) in [4.78, 5) is 24.2. The predicted octanol–water partition coefficient (Wildman–Crippen LogP) is 0.869. The Bertz CT molecular complexity index is 398. The lowest BCUT2D eigenvalue weighted by atomic mass is 9.89. The molecule has 17 heavy (non-hydrogen) atoms. The number of rotatable bonds is 5. The van der Waals surface area contributed by atoms with Crippen LogP contribution in [-0.4, -0.2) is 39.1 Å². The molecule has 94 valence electrons. The Morgan fingerprint density at radius 3 is 2.65 bits per heavy atom. The Hall–Kier alpha value is -1.85. The maximum absolute atomic E-state index is 11.8. The highest BCUT2D eigenvalue weighted by atomic mass is 16.4. The number of nitrogens with zero attached hydrogens (tertiary/aromatic N) is 2. The molecule has 6 nitrogen and oxygen atoms in total. The molecule has 0 unspecified atom stereocenters. The fourth-order valence-corrected chi connectivity index (χ4v) is 1.31. The maximum atomic E-state index is 11.8. The minimum atomic E-state index is -1.04. The molecule has 0 radical (unpaired) electrons. The van der Waals surface area contributed by atoms with Crippen LogP contribution in [0.1, 0.15) is 25.8 Å². The first-order valence-electron chi connectivity index (χ1n) is 5.28. The van der Waals surface area contributed by atoms with Gasteiger partial charge in [-0.2, -0.15) is 5.10 Å². The molecule has 0 aliphatic carbocycles. The second-order valence-corrected chi connectivity index (χ2v) is 4.72. The Labute approximate surface area is 99.6 Å². The molecule has 1 heterocycles. The lowest BCUT2D eigenvalue weighted by Crippen LogP contribution is -2.34. The van der Waals surface area contributed by atoms with Crippen molar-refractivity contribution in [1.29, 1.82) is 0 Å². The summed E-state index contributed by atoms with van der Waals surface area (Å²) in [6, 6.07) is 0. The Morgan fingerprint density at radius 1 is 1.53 bits per heavy atom. The van der Waals surface area contributed by atoms with Gasteiger partial charge in [-0.3, -0.25) is 14.7 Å². The Kier molecular flexibility index (Phi) is 3.88. The molecule has 0 saturated carbocycles. The molecule has 1 aromatic heterocycles. The molecule has 0 aromatic carbocycles. The summed E-state index contributed by atoms with van der Waals surface area (Å²) in [6.45, 7) is 3.50. The lowest BCUT2D eigenvalue weighted by molar-refractivity contribution is -0.151. The van der Waals surface area contributed by atoms with Crippen LogP contribution in [0.4, 0.5) is 0 Å². The number of H-pyrrole nitrogens is 1. The number of nitrogens with one attached hydrogen (secondary N) is 1. The summed E-state index contributed by atoms with van der Waals surface area (Å²) >= 11 is 0. The van der Waals surface area contributed by atoms with Gasteiger partial charge in [-0.25, -0.2) is 0 Å². The van der Waals surface area contributed by atoms with Gasteiger partial charge in [-0.1, -0.05) is 0 Å². The number of amides is 1. The molecule has 2 N–H and O–H groups in total. The monoisotopic (exact) mass is 239 g/mol. The molecule has 0 fully saturated rings. The number of aromatic nitrogens is 2. The van der Waals surface area contributed by atoms with E-state index in [0.717, 1.165) is 5.56 Å². The zero-order chi connectivity index (χ0) is 13.1. The second-order valence-electron chi connectivity index (χ2n) is 4.72. The number of hydrogen-bond acceptors (Lipinski definition) is 3. The van der Waals surface area contributed by atoms with Gasteiger partial charge in [0.05, 0.1) is 11.6 Å². The van der Waals surface area contributed by atoms with E-state index in [0.29, 0.717) is 6.54 Å². The first-order valence-corrected chi connectivity index (χ1v) is 5.28. The number of carboxylic acid groups (broad SMARTS) is 1. The fourth-order valence-electron chi connectivity index (χ4n) is 1.31. The average Bonchev–Trinajstić information content (AvgIpc) is 2.69. The zero-order valence-electron chi connectivity index (χ0n) is 10.2. The van der Waals surface area contributed by atoms with E-state index in [4.69, 9.17) is 5.11 Å². The Balaban J connectivity index is 2.56. The number of aromatic amines is 1. The molecule has 1 rings (SSSR count). The molecule has 0 bridgehead atoms. The average molecular weight is 239 g/mol. The van der Waals surface area contributed by atoms with Crippen LogP contribution in [0.3, 0.4) is 0 Å². The van der Waals surface area contributed by atoms with Crippen LogP contribution < -0.4 is 0 Å². The molecule has 0 aliphatic rings. The standard InChI is InChI=1S/C11H17N3O3/c1-11(2,10(16)17)4-9(15)14(3)7-8-5-12-13-6-8/h5-6H,4,7H2,1-3H3,(H,12,13)(H,16,17). The van der Waals surface area contributed by atoms with E-state index in [9.17, 15) is 9.59 Å². The van der Waals surface area contributed by atoms with E-state index in [-0.39, 0.29) is 12.3 Å². The van der Waals surface area contributed by atoms with Gasteiger partial charge in [0, 0.05) is 31.8 Å². The fraction of sp³-hybridized carbons (Fsp3) is 0.545. The van der Waals surface area contributed by atoms with Crippen molar-refractivity contribution in [2.75, 3.05) is 7.05 Å². The van der Waals surface area contributed by atoms with Crippen molar-refractivity contribution in [2.45, 2.75) is 26.8 Å². The highest BCUT2D eigenvalue weighted by molar-refractivity contribution is 5.84. The molecule has 6 heteroatoms. The van der Waals surface area contributed by atoms with Crippen molar-refractivity contribution in [3.05, 3.63) is 18.0 Å². The van der Waals surface area contributed by atoms with Gasteiger partial charge in [-0.15, -0.1) is 0 Å². The number of aliphatic carboxylic acids is 1. The van der Waals surface area contributed by atoms with Crippen molar-refractivity contribution in [2.24, 2.45) is 5.41 Å². The van der Waals surface area contributed by atoms with Crippen molar-refractivity contribution in [1.82, 2.24) is 15.1 Å². The van der Waals surface area contributed by atoms with E-state index >= 15 is 0 Å². The summed E-state index contributed by atoms with van der Waals surface area (Å²) in [7, 11) is 1.65. The summed E-state index contributed by atoms with van der Waals surface area (Å²) in [6.07, 6.45) is 3.31. The number of hydrogen-bond donors (Lipinski definition) is 2. The highest BCUT2D eigenvalue weighted by Crippen LogP contribution is 2.21. The summed E-state index contributed by atoms with van der Waals surface area (Å²) < 4.78 is 0. The van der Waals surface area contributed by atoms with Gasteiger partial charge in [-0.05, 0) is 13.8 Å². The first-order chi connectivity index (χ1) is 7.83. The molecule has 0 atom stereocenters. The van der Waals surface area contributed by atoms with Gasteiger partial charge in [0.15, 0.2) is 0 Å². The number of carbonyl (C=O) groups excluding carboxylic acids is 1. The van der Waals surface area contributed by atoms with E-state index in [1.165, 1.54) is 4.90 Å². The molecule has 0 saturated heterocycles. The van der Waals surface area contributed by atoms with Crippen molar-refractivity contribution < 1.29 is 14.7 Å². The summed E-state index contributed by atoms with van der Waals surface area (Å²) in [5.41, 5.74) is -0.157. The summed E-state index contributed by atoms with van der Waals surface area (Å²) in [5, 5.41) is 15.4. The highest BCUT2D eigenvalue weighted by Gasteiger charge is 2.31. The van der Waals surface area contributed by atoms with Gasteiger partial charge >= 0.3 is 5.97 Å². The Morgan fingerprint density at radius 2 is 2.18 bits per heavy atom. The second kappa shape index (κ2) is 4.99. The van der Waals surface area contributed by atoms with Crippen LogP contribution >= 0.6 is 0 Å². The van der Waals surface area contributed by atoms with Crippen LogP contribution in [-0.2, 0) is 16.1 Å². The van der Waals surface area contributed by atoms with Gasteiger partial charge < -0.3 is 10.0 Å². The van der Waals surface area contributed by atoms with Crippen LogP contribution in [0.5, 0.6) is 0 Å². The quantitative estimate of drug-likeness (QED) is 0.798. The van der Waals surface area contributed by atoms with Gasteiger partial charge in [0.25, 0.3) is 0 Å². The molecule has 1 amide bonds. The van der Waals surface area contributed by atoms with Crippen molar-refractivity contribution in [3.63, 3.8) is 0 Å². The number of carboxylic acids is 1. The van der Waals surface area contributed by atoms with Gasteiger partial charge in [0.1, 0.15) is 0 Å². The van der Waals surface area contributed by atoms with Crippen LogP contribution in [0.2, 0.25) is 0 Å². The predicted molar refractivity (Wildman–Crippen MR) is 61.1 cm³/mol. The van der Waals surface area contributed by atoms with E-state index in [2.05, 4.69) is 10.2 Å².